The number of nitrogens with one attached hydrogen (secondary N) is 1. The van der Waals surface area contributed by atoms with Crippen molar-refractivity contribution in [1.29, 1.82) is 0 Å². The Labute approximate surface area is 131 Å². The van der Waals surface area contributed by atoms with E-state index in [9.17, 15) is 18.0 Å². The van der Waals surface area contributed by atoms with Gasteiger partial charge in [0.1, 0.15) is 6.04 Å². The second-order valence-corrected chi connectivity index (χ2v) is 7.53. The Bertz CT molecular complexity index is 612. The molecule has 0 unspecified atom stereocenters. The fraction of sp³-hybridized carbons (Fsp3) is 0.385. The molecule has 1 aromatic rings. The van der Waals surface area contributed by atoms with Crippen LogP contribution in [0.4, 0.5) is 0 Å². The molecule has 1 aromatic carbocycles. The number of sulfone groups is 1. The Morgan fingerprint density at radius 3 is 2.38 bits per heavy atom. The first-order valence-electron chi connectivity index (χ1n) is 6.23. The van der Waals surface area contributed by atoms with Crippen molar-refractivity contribution in [2.24, 2.45) is 0 Å². The second-order valence-electron chi connectivity index (χ2n) is 4.50. The summed E-state index contributed by atoms with van der Waals surface area (Å²) >= 11 is 3.22. The normalized spacial score (nSPS) is 12.7. The van der Waals surface area contributed by atoms with Gasteiger partial charge in [0.2, 0.25) is 5.91 Å². The van der Waals surface area contributed by atoms with Crippen molar-refractivity contribution in [1.82, 2.24) is 5.32 Å². The van der Waals surface area contributed by atoms with E-state index >= 15 is 0 Å². The van der Waals surface area contributed by atoms with Crippen LogP contribution in [0.3, 0.4) is 0 Å². The molecule has 1 atom stereocenters. The molecule has 1 rings (SSSR count). The standard InChI is InChI=1S/C13H16BrNO5S/c1-9(13(17)18)15-12(16)3-2-8-21(19,20)11-6-4-10(14)5-7-11/h4-7,9H,2-3,8H2,1H3,(H,15,16)(H,17,18)/t9-/m1/s1. The smallest absolute Gasteiger partial charge is 0.325 e. The summed E-state index contributed by atoms with van der Waals surface area (Å²) in [4.78, 5) is 22.2. The molecule has 116 valence electrons. The number of rotatable bonds is 7. The number of hydrogen-bond donors (Lipinski definition) is 2. The van der Waals surface area contributed by atoms with Gasteiger partial charge in [0.15, 0.2) is 9.84 Å². The van der Waals surface area contributed by atoms with E-state index in [1.54, 1.807) is 12.1 Å². The summed E-state index contributed by atoms with van der Waals surface area (Å²) in [7, 11) is -3.43. The maximum Gasteiger partial charge on any atom is 0.325 e. The molecule has 0 radical (unpaired) electrons. The lowest BCUT2D eigenvalue weighted by Crippen LogP contribution is -2.38. The molecule has 0 saturated carbocycles. The van der Waals surface area contributed by atoms with Gasteiger partial charge in [0.05, 0.1) is 10.6 Å². The van der Waals surface area contributed by atoms with Gasteiger partial charge in [-0.05, 0) is 37.6 Å². The Kier molecular flexibility index (Phi) is 6.35. The molecule has 0 aromatic heterocycles. The minimum absolute atomic E-state index is 0.0343. The van der Waals surface area contributed by atoms with Crippen LogP contribution in [0, 0.1) is 0 Å². The van der Waals surface area contributed by atoms with Crippen molar-refractivity contribution in [3.63, 3.8) is 0 Å². The fourth-order valence-electron chi connectivity index (χ4n) is 1.56. The van der Waals surface area contributed by atoms with Crippen molar-refractivity contribution in [2.45, 2.75) is 30.7 Å². The van der Waals surface area contributed by atoms with Crippen molar-refractivity contribution in [2.75, 3.05) is 5.75 Å². The molecule has 0 fully saturated rings. The Hall–Kier alpha value is -1.41. The van der Waals surface area contributed by atoms with Gasteiger partial charge >= 0.3 is 5.97 Å². The van der Waals surface area contributed by atoms with Gasteiger partial charge in [-0.2, -0.15) is 0 Å². The number of amides is 1. The molecule has 0 aliphatic heterocycles. The minimum Gasteiger partial charge on any atom is -0.480 e. The molecule has 0 heterocycles. The van der Waals surface area contributed by atoms with Gasteiger partial charge in [-0.3, -0.25) is 9.59 Å². The Balaban J connectivity index is 2.49. The highest BCUT2D eigenvalue weighted by atomic mass is 79.9. The predicted molar refractivity (Wildman–Crippen MR) is 80.7 cm³/mol. The van der Waals surface area contributed by atoms with Crippen LogP contribution in [-0.4, -0.2) is 37.2 Å². The van der Waals surface area contributed by atoms with E-state index in [-0.39, 0.29) is 23.5 Å². The van der Waals surface area contributed by atoms with Gasteiger partial charge in [0.25, 0.3) is 0 Å². The first kappa shape index (κ1) is 17.6. The fourth-order valence-corrected chi connectivity index (χ4v) is 3.13. The summed E-state index contributed by atoms with van der Waals surface area (Å²) < 4.78 is 24.8. The number of hydrogen-bond acceptors (Lipinski definition) is 4. The van der Waals surface area contributed by atoms with E-state index in [0.29, 0.717) is 0 Å². The van der Waals surface area contributed by atoms with Gasteiger partial charge < -0.3 is 10.4 Å². The monoisotopic (exact) mass is 377 g/mol. The average Bonchev–Trinajstić information content (AvgIpc) is 2.38. The van der Waals surface area contributed by atoms with Crippen molar-refractivity contribution in [3.8, 4) is 0 Å². The molecule has 0 aliphatic rings. The zero-order valence-electron chi connectivity index (χ0n) is 11.4. The first-order valence-corrected chi connectivity index (χ1v) is 8.67. The summed E-state index contributed by atoms with van der Waals surface area (Å²) in [6.45, 7) is 1.35. The summed E-state index contributed by atoms with van der Waals surface area (Å²) in [6.07, 6.45) is 0.101. The van der Waals surface area contributed by atoms with E-state index < -0.39 is 27.8 Å². The van der Waals surface area contributed by atoms with Crippen LogP contribution in [0.25, 0.3) is 0 Å². The van der Waals surface area contributed by atoms with Gasteiger partial charge in [-0.25, -0.2) is 8.42 Å². The molecule has 0 spiro atoms. The second kappa shape index (κ2) is 7.56. The van der Waals surface area contributed by atoms with Crippen LogP contribution in [-0.2, 0) is 19.4 Å². The molecule has 6 nitrogen and oxygen atoms in total. The molecule has 0 aliphatic carbocycles. The first-order chi connectivity index (χ1) is 9.72. The Morgan fingerprint density at radius 1 is 1.29 bits per heavy atom. The Morgan fingerprint density at radius 2 is 1.86 bits per heavy atom. The maximum atomic E-state index is 12.0. The largest absolute Gasteiger partial charge is 0.480 e. The molecule has 0 bridgehead atoms. The van der Waals surface area contributed by atoms with Crippen LogP contribution in [0.1, 0.15) is 19.8 Å². The van der Waals surface area contributed by atoms with Crippen LogP contribution in [0.5, 0.6) is 0 Å². The summed E-state index contributed by atoms with van der Waals surface area (Å²) in [6, 6.07) is 5.26. The van der Waals surface area contributed by atoms with Crippen molar-refractivity contribution in [3.05, 3.63) is 28.7 Å². The van der Waals surface area contributed by atoms with Crippen molar-refractivity contribution < 1.29 is 23.1 Å². The molecule has 21 heavy (non-hydrogen) atoms. The molecular formula is C13H16BrNO5S. The third-order valence-corrected chi connectivity index (χ3v) is 5.08. The number of benzene rings is 1. The molecule has 8 heteroatoms. The van der Waals surface area contributed by atoms with Crippen LogP contribution in [0.2, 0.25) is 0 Å². The lowest BCUT2D eigenvalue weighted by atomic mass is 10.3. The number of carboxylic acid groups (broad SMARTS) is 1. The molecule has 2 N–H and O–H groups in total. The lowest BCUT2D eigenvalue weighted by molar-refractivity contribution is -0.141. The molecule has 1 amide bonds. The number of halogens is 1. The number of carbonyl (C=O) groups is 2. The van der Waals surface area contributed by atoms with Gasteiger partial charge in [0, 0.05) is 10.9 Å². The quantitative estimate of drug-likeness (QED) is 0.751. The van der Waals surface area contributed by atoms with Gasteiger partial charge in [-0.1, -0.05) is 15.9 Å². The highest BCUT2D eigenvalue weighted by Gasteiger charge is 2.17. The predicted octanol–water partition coefficient (Wildman–Crippen LogP) is 1.59. The summed E-state index contributed by atoms with van der Waals surface area (Å²) in [5, 5.41) is 10.9. The van der Waals surface area contributed by atoms with E-state index in [0.717, 1.165) is 4.47 Å². The topological polar surface area (TPSA) is 101 Å². The van der Waals surface area contributed by atoms with Crippen LogP contribution >= 0.6 is 15.9 Å². The minimum atomic E-state index is -3.43. The number of aliphatic carboxylic acids is 1. The molecule has 0 saturated heterocycles. The van der Waals surface area contributed by atoms with E-state index in [4.69, 9.17) is 5.11 Å². The van der Waals surface area contributed by atoms with E-state index in [1.807, 2.05) is 0 Å². The summed E-state index contributed by atoms with van der Waals surface area (Å²) in [5.74, 6) is -1.77. The van der Waals surface area contributed by atoms with Crippen molar-refractivity contribution >= 4 is 37.6 Å². The highest BCUT2D eigenvalue weighted by Crippen LogP contribution is 2.16. The average molecular weight is 378 g/mol. The van der Waals surface area contributed by atoms with Crippen LogP contribution < -0.4 is 5.32 Å². The maximum absolute atomic E-state index is 12.0. The third-order valence-electron chi connectivity index (χ3n) is 2.74. The third kappa shape index (κ3) is 5.84. The SMILES string of the molecule is C[C@@H](NC(=O)CCCS(=O)(=O)c1ccc(Br)cc1)C(=O)O. The van der Waals surface area contributed by atoms with E-state index in [1.165, 1.54) is 19.1 Å². The van der Waals surface area contributed by atoms with E-state index in [2.05, 4.69) is 21.2 Å². The van der Waals surface area contributed by atoms with Gasteiger partial charge in [-0.15, -0.1) is 0 Å². The molecular weight excluding hydrogens is 362 g/mol. The number of carboxylic acids is 1. The summed E-state index contributed by atoms with van der Waals surface area (Å²) in [5.41, 5.74) is 0. The zero-order chi connectivity index (χ0) is 16.0. The van der Waals surface area contributed by atoms with Crippen LogP contribution in [0.15, 0.2) is 33.6 Å². The highest BCUT2D eigenvalue weighted by molar-refractivity contribution is 9.10. The lowest BCUT2D eigenvalue weighted by Gasteiger charge is -2.09. The number of carbonyl (C=O) groups excluding carboxylic acids is 1. The zero-order valence-corrected chi connectivity index (χ0v) is 13.8.